The van der Waals surface area contributed by atoms with Crippen molar-refractivity contribution < 1.29 is 33.4 Å². The second-order valence-electron chi connectivity index (χ2n) is 10.7. The van der Waals surface area contributed by atoms with Crippen LogP contribution in [0.1, 0.15) is 49.0 Å². The number of carbonyl (C=O) groups is 5. The Morgan fingerprint density at radius 2 is 1.71 bits per heavy atom. The van der Waals surface area contributed by atoms with E-state index in [2.05, 4.69) is 10.6 Å². The normalized spacial score (nSPS) is 15.0. The number of hydrogen-bond donors (Lipinski definition) is 2. The van der Waals surface area contributed by atoms with Crippen LogP contribution in [-0.4, -0.2) is 69.4 Å². The first kappa shape index (κ1) is 35.0. The van der Waals surface area contributed by atoms with Crippen molar-refractivity contribution >= 4 is 64.0 Å². The predicted molar refractivity (Wildman–Crippen MR) is 174 cm³/mol. The van der Waals surface area contributed by atoms with Gasteiger partial charge in [-0.1, -0.05) is 24.3 Å². The second kappa shape index (κ2) is 15.5. The molecule has 0 bridgehead atoms. The number of ether oxygens (including phenoxy) is 2. The minimum atomic E-state index is -1.06. The number of para-hydroxylation sites is 2. The van der Waals surface area contributed by atoms with E-state index in [9.17, 15) is 24.0 Å². The van der Waals surface area contributed by atoms with Crippen molar-refractivity contribution in [1.29, 1.82) is 0 Å². The Bertz CT molecular complexity index is 1590. The number of rotatable bonds is 11. The smallest absolute Gasteiger partial charge is 0.337 e. The summed E-state index contributed by atoms with van der Waals surface area (Å²) in [6, 6.07) is 14.2. The third-order valence-corrected chi connectivity index (χ3v) is 7.80. The predicted octanol–water partition coefficient (Wildman–Crippen LogP) is 3.79. The van der Waals surface area contributed by atoms with E-state index in [1.54, 1.807) is 67.4 Å². The first-order valence-corrected chi connectivity index (χ1v) is 14.4. The number of nitrogens with one attached hydrogen (secondary N) is 2. The molecule has 45 heavy (non-hydrogen) atoms. The van der Waals surface area contributed by atoms with Gasteiger partial charge in [-0.2, -0.15) is 0 Å². The number of ketones is 1. The molecule has 0 radical (unpaired) electrons. The van der Waals surface area contributed by atoms with Crippen LogP contribution in [0.15, 0.2) is 54.6 Å². The number of methoxy groups -OCH3 is 2. The highest BCUT2D eigenvalue weighted by Crippen LogP contribution is 2.37. The summed E-state index contributed by atoms with van der Waals surface area (Å²) in [5, 5.41) is 7.22. The summed E-state index contributed by atoms with van der Waals surface area (Å²) in [6.45, 7) is 3.13. The molecule has 0 spiro atoms. The zero-order chi connectivity index (χ0) is 32.0. The van der Waals surface area contributed by atoms with Gasteiger partial charge >= 0.3 is 5.97 Å². The van der Waals surface area contributed by atoms with Gasteiger partial charge in [-0.3, -0.25) is 14.4 Å². The zero-order valence-corrected chi connectivity index (χ0v) is 26.9. The Morgan fingerprint density at radius 1 is 1.00 bits per heavy atom. The Balaban J connectivity index is 0.00000552. The van der Waals surface area contributed by atoms with Crippen LogP contribution < -0.4 is 25.2 Å². The molecular formula is C33H39ClN4O7. The number of amides is 3. The highest BCUT2D eigenvalue weighted by Gasteiger charge is 2.37. The molecule has 0 unspecified atom stereocenters. The van der Waals surface area contributed by atoms with Gasteiger partial charge in [-0.15, -0.1) is 12.4 Å². The van der Waals surface area contributed by atoms with Gasteiger partial charge in [0.2, 0.25) is 11.8 Å². The Morgan fingerprint density at radius 3 is 2.36 bits per heavy atom. The van der Waals surface area contributed by atoms with E-state index < -0.39 is 24.0 Å². The molecule has 2 atom stereocenters. The maximum atomic E-state index is 14.4. The summed E-state index contributed by atoms with van der Waals surface area (Å²) in [5.74, 6) is -1.00. The number of benzene rings is 3. The Labute approximate surface area is 268 Å². The molecular weight excluding hydrogens is 600 g/mol. The molecule has 0 aromatic heterocycles. The summed E-state index contributed by atoms with van der Waals surface area (Å²) < 4.78 is 10.6. The minimum Gasteiger partial charge on any atom is -0.496 e. The number of nitrogens with zero attached hydrogens (tertiary/aromatic N) is 2. The van der Waals surface area contributed by atoms with E-state index >= 15 is 0 Å². The molecule has 0 saturated carbocycles. The van der Waals surface area contributed by atoms with Crippen molar-refractivity contribution in [2.75, 3.05) is 37.6 Å². The summed E-state index contributed by atoms with van der Waals surface area (Å²) in [4.78, 5) is 67.7. The molecule has 0 aliphatic carbocycles. The fourth-order valence-corrected chi connectivity index (χ4v) is 5.28. The third-order valence-electron chi connectivity index (χ3n) is 7.80. The van der Waals surface area contributed by atoms with Crippen LogP contribution in [-0.2, 0) is 30.5 Å². The zero-order valence-electron chi connectivity index (χ0n) is 26.0. The van der Waals surface area contributed by atoms with Crippen LogP contribution in [0.2, 0.25) is 0 Å². The average molecular weight is 639 g/mol. The second-order valence-corrected chi connectivity index (χ2v) is 10.7. The molecule has 4 rings (SSSR count). The first-order valence-electron chi connectivity index (χ1n) is 14.4. The molecule has 3 aromatic carbocycles. The molecule has 1 heterocycles. The number of hydrogen-bond acceptors (Lipinski definition) is 8. The maximum Gasteiger partial charge on any atom is 0.337 e. The molecule has 240 valence electrons. The van der Waals surface area contributed by atoms with Gasteiger partial charge in [0.15, 0.2) is 0 Å². The lowest BCUT2D eigenvalue weighted by Gasteiger charge is -2.27. The van der Waals surface area contributed by atoms with Crippen molar-refractivity contribution in [1.82, 2.24) is 10.6 Å². The lowest BCUT2D eigenvalue weighted by atomic mass is 10.00. The van der Waals surface area contributed by atoms with Gasteiger partial charge in [0.05, 0.1) is 50.3 Å². The lowest BCUT2D eigenvalue weighted by molar-refractivity contribution is -0.128. The number of halogens is 1. The monoisotopic (exact) mass is 638 g/mol. The van der Waals surface area contributed by atoms with Crippen molar-refractivity contribution in [3.8, 4) is 5.75 Å². The largest absolute Gasteiger partial charge is 0.496 e. The quantitative estimate of drug-likeness (QED) is 0.303. The standard InChI is InChI=1S/C33H38N4O7.ClH/c1-20(38)9-8-12-30(39)36-19-26(35-31(40)21(2)34-3)32(41)37(28-11-7-6-10-27(28)36)18-25-24-15-13-23(33(42)44-5)17-22(24)14-16-29(25)43-4;/h6-7,10-11,13-17,21,26,34H,8-9,12,18-19H2,1-5H3,(H,35,40);1H/t21-,26-;/m0./s1. The number of Topliss-reactive ketones (excluding diaryl/α,β-unsaturated/α-hetero) is 1. The molecule has 1 aliphatic heterocycles. The van der Waals surface area contributed by atoms with Crippen LogP contribution in [0.3, 0.4) is 0 Å². The number of carbonyl (C=O) groups excluding carboxylic acids is 5. The van der Waals surface area contributed by atoms with Crippen molar-refractivity contribution in [3.05, 3.63) is 65.7 Å². The van der Waals surface area contributed by atoms with Crippen molar-refractivity contribution in [2.45, 2.75) is 51.7 Å². The minimum absolute atomic E-state index is 0. The molecule has 0 fully saturated rings. The molecule has 0 saturated heterocycles. The average Bonchev–Trinajstić information content (AvgIpc) is 3.14. The van der Waals surface area contributed by atoms with E-state index in [0.29, 0.717) is 34.7 Å². The summed E-state index contributed by atoms with van der Waals surface area (Å²) in [6.07, 6.45) is 0.749. The van der Waals surface area contributed by atoms with E-state index in [-0.39, 0.29) is 55.9 Å². The van der Waals surface area contributed by atoms with Gasteiger partial charge in [0.1, 0.15) is 17.6 Å². The number of fused-ring (bicyclic) bond motifs is 2. The summed E-state index contributed by atoms with van der Waals surface area (Å²) >= 11 is 0. The maximum absolute atomic E-state index is 14.4. The molecule has 3 amide bonds. The van der Waals surface area contributed by atoms with E-state index in [0.717, 1.165) is 10.8 Å². The van der Waals surface area contributed by atoms with E-state index in [1.165, 1.54) is 26.0 Å². The van der Waals surface area contributed by atoms with Gasteiger partial charge in [-0.25, -0.2) is 4.79 Å². The summed E-state index contributed by atoms with van der Waals surface area (Å²) in [7, 11) is 4.50. The highest BCUT2D eigenvalue weighted by molar-refractivity contribution is 6.08. The van der Waals surface area contributed by atoms with E-state index in [1.807, 2.05) is 6.07 Å². The molecule has 11 nitrogen and oxygen atoms in total. The van der Waals surface area contributed by atoms with Crippen LogP contribution in [0.25, 0.3) is 10.8 Å². The number of anilines is 2. The molecule has 2 N–H and O–H groups in total. The Kier molecular flexibility index (Phi) is 12.1. The van der Waals surface area contributed by atoms with Gasteiger partial charge < -0.3 is 34.7 Å². The molecule has 12 heteroatoms. The van der Waals surface area contributed by atoms with E-state index in [4.69, 9.17) is 9.47 Å². The van der Waals surface area contributed by atoms with Crippen LogP contribution >= 0.6 is 12.4 Å². The van der Waals surface area contributed by atoms with Gasteiger partial charge in [-0.05, 0) is 68.4 Å². The highest BCUT2D eigenvalue weighted by atomic mass is 35.5. The van der Waals surface area contributed by atoms with Crippen LogP contribution in [0, 0.1) is 0 Å². The summed E-state index contributed by atoms with van der Waals surface area (Å²) in [5.41, 5.74) is 2.06. The topological polar surface area (TPSA) is 134 Å². The lowest BCUT2D eigenvalue weighted by Crippen LogP contribution is -2.55. The third kappa shape index (κ3) is 7.79. The fourth-order valence-electron chi connectivity index (χ4n) is 5.28. The van der Waals surface area contributed by atoms with Crippen LogP contribution in [0.5, 0.6) is 5.75 Å². The van der Waals surface area contributed by atoms with Crippen LogP contribution in [0.4, 0.5) is 11.4 Å². The molecule has 3 aromatic rings. The van der Waals surface area contributed by atoms with Gasteiger partial charge in [0.25, 0.3) is 5.91 Å². The van der Waals surface area contributed by atoms with Gasteiger partial charge in [0, 0.05) is 18.4 Å². The SMILES string of the molecule is CN[C@@H](C)C(=O)N[C@H]1CN(C(=O)CCCC(C)=O)c2ccccc2N(Cc2c(OC)ccc3cc(C(=O)OC)ccc23)C1=O.Cl. The molecule has 1 aliphatic rings. The fraction of sp³-hybridized carbons (Fsp3) is 0.364. The first-order chi connectivity index (χ1) is 21.1. The Hall–Kier alpha value is -4.48. The van der Waals surface area contributed by atoms with Crippen molar-refractivity contribution in [2.24, 2.45) is 0 Å². The number of likely N-dealkylation sites (N-methyl/N-ethyl adjacent to an activating group) is 1. The van der Waals surface area contributed by atoms with Crippen molar-refractivity contribution in [3.63, 3.8) is 0 Å². The number of esters is 1.